The van der Waals surface area contributed by atoms with Gasteiger partial charge in [0.1, 0.15) is 11.6 Å². The van der Waals surface area contributed by atoms with Crippen molar-refractivity contribution in [1.29, 1.82) is 0 Å². The third-order valence-corrected chi connectivity index (χ3v) is 3.90. The standard InChI is InChI=1S/C15H22F2N2O/c1-11(2)19-8-6-18(7-9-19)10-14(20)15-12(16)4-3-5-13(15)17/h3-5,11,14,20H,6-10H2,1-2H3. The van der Waals surface area contributed by atoms with Gasteiger partial charge < -0.3 is 5.11 Å². The molecule has 0 saturated carbocycles. The highest BCUT2D eigenvalue weighted by Gasteiger charge is 2.24. The zero-order chi connectivity index (χ0) is 14.7. The van der Waals surface area contributed by atoms with Crippen LogP contribution in [0.3, 0.4) is 0 Å². The molecule has 1 saturated heterocycles. The molecule has 2 rings (SSSR count). The highest BCUT2D eigenvalue weighted by Crippen LogP contribution is 2.22. The predicted octanol–water partition coefficient (Wildman–Crippen LogP) is 2.02. The lowest BCUT2D eigenvalue weighted by Crippen LogP contribution is -2.49. The van der Waals surface area contributed by atoms with Gasteiger partial charge in [-0.15, -0.1) is 0 Å². The van der Waals surface area contributed by atoms with Crippen molar-refractivity contribution in [2.75, 3.05) is 32.7 Å². The van der Waals surface area contributed by atoms with E-state index in [1.165, 1.54) is 18.2 Å². The largest absolute Gasteiger partial charge is 0.387 e. The molecule has 1 aliphatic heterocycles. The number of halogens is 2. The van der Waals surface area contributed by atoms with Gasteiger partial charge in [-0.3, -0.25) is 9.80 Å². The molecule has 1 aromatic carbocycles. The Bertz CT molecular complexity index is 425. The van der Waals surface area contributed by atoms with Crippen molar-refractivity contribution >= 4 is 0 Å². The van der Waals surface area contributed by atoms with Crippen LogP contribution in [0.25, 0.3) is 0 Å². The molecule has 0 amide bonds. The van der Waals surface area contributed by atoms with E-state index in [-0.39, 0.29) is 12.1 Å². The van der Waals surface area contributed by atoms with Crippen LogP contribution in [0.4, 0.5) is 8.78 Å². The van der Waals surface area contributed by atoms with Crippen LogP contribution in [0.5, 0.6) is 0 Å². The molecule has 0 aromatic heterocycles. The van der Waals surface area contributed by atoms with Crippen molar-refractivity contribution in [2.45, 2.75) is 26.0 Å². The molecular formula is C15H22F2N2O. The van der Waals surface area contributed by atoms with Crippen LogP contribution in [-0.2, 0) is 0 Å². The number of piperazine rings is 1. The van der Waals surface area contributed by atoms with E-state index in [0.29, 0.717) is 6.04 Å². The summed E-state index contributed by atoms with van der Waals surface area (Å²) in [5, 5.41) is 10.1. The number of aliphatic hydroxyl groups excluding tert-OH is 1. The lowest BCUT2D eigenvalue weighted by atomic mass is 10.1. The molecule has 20 heavy (non-hydrogen) atoms. The number of aliphatic hydroxyl groups is 1. The van der Waals surface area contributed by atoms with Gasteiger partial charge in [0.05, 0.1) is 11.7 Å². The molecule has 112 valence electrons. The molecule has 1 N–H and O–H groups in total. The first-order valence-electron chi connectivity index (χ1n) is 7.07. The molecule has 5 heteroatoms. The molecule has 0 aliphatic carbocycles. The molecule has 0 radical (unpaired) electrons. The fraction of sp³-hybridized carbons (Fsp3) is 0.600. The number of nitrogens with zero attached hydrogens (tertiary/aromatic N) is 2. The summed E-state index contributed by atoms with van der Waals surface area (Å²) in [4.78, 5) is 4.40. The van der Waals surface area contributed by atoms with Gasteiger partial charge in [0.15, 0.2) is 0 Å². The Morgan fingerprint density at radius 2 is 1.65 bits per heavy atom. The fourth-order valence-electron chi connectivity index (χ4n) is 2.63. The summed E-state index contributed by atoms with van der Waals surface area (Å²) in [6.07, 6.45) is -1.12. The Labute approximate surface area is 118 Å². The first-order chi connectivity index (χ1) is 9.49. The number of hydrogen-bond donors (Lipinski definition) is 1. The van der Waals surface area contributed by atoms with E-state index < -0.39 is 17.7 Å². The summed E-state index contributed by atoms with van der Waals surface area (Å²) in [6.45, 7) is 8.03. The maximum Gasteiger partial charge on any atom is 0.131 e. The Morgan fingerprint density at radius 1 is 1.10 bits per heavy atom. The lowest BCUT2D eigenvalue weighted by Gasteiger charge is -2.37. The van der Waals surface area contributed by atoms with Crippen LogP contribution < -0.4 is 0 Å². The monoisotopic (exact) mass is 284 g/mol. The minimum absolute atomic E-state index is 0.223. The van der Waals surface area contributed by atoms with E-state index >= 15 is 0 Å². The topological polar surface area (TPSA) is 26.7 Å². The van der Waals surface area contributed by atoms with Crippen LogP contribution in [0.1, 0.15) is 25.5 Å². The summed E-state index contributed by atoms with van der Waals surface area (Å²) < 4.78 is 27.2. The van der Waals surface area contributed by atoms with E-state index in [0.717, 1.165) is 26.2 Å². The lowest BCUT2D eigenvalue weighted by molar-refractivity contribution is 0.0593. The first-order valence-corrected chi connectivity index (χ1v) is 7.07. The third kappa shape index (κ3) is 3.53. The van der Waals surface area contributed by atoms with Crippen molar-refractivity contribution < 1.29 is 13.9 Å². The maximum absolute atomic E-state index is 13.6. The second-order valence-corrected chi connectivity index (χ2v) is 5.58. The molecule has 3 nitrogen and oxygen atoms in total. The van der Waals surface area contributed by atoms with Gasteiger partial charge in [-0.05, 0) is 26.0 Å². The molecule has 1 aliphatic rings. The van der Waals surface area contributed by atoms with Gasteiger partial charge >= 0.3 is 0 Å². The Hall–Kier alpha value is -1.04. The van der Waals surface area contributed by atoms with Crippen molar-refractivity contribution in [3.8, 4) is 0 Å². The average molecular weight is 284 g/mol. The van der Waals surface area contributed by atoms with Crippen LogP contribution in [0.2, 0.25) is 0 Å². The summed E-state index contributed by atoms with van der Waals surface area (Å²) >= 11 is 0. The zero-order valence-corrected chi connectivity index (χ0v) is 12.0. The van der Waals surface area contributed by atoms with Crippen LogP contribution in [0, 0.1) is 11.6 Å². The molecule has 0 spiro atoms. The number of hydrogen-bond acceptors (Lipinski definition) is 3. The zero-order valence-electron chi connectivity index (χ0n) is 12.0. The van der Waals surface area contributed by atoms with E-state index in [2.05, 4.69) is 23.6 Å². The van der Waals surface area contributed by atoms with Crippen molar-refractivity contribution in [1.82, 2.24) is 9.80 Å². The highest BCUT2D eigenvalue weighted by atomic mass is 19.1. The highest BCUT2D eigenvalue weighted by molar-refractivity contribution is 5.22. The molecule has 1 fully saturated rings. The van der Waals surface area contributed by atoms with Crippen LogP contribution >= 0.6 is 0 Å². The Morgan fingerprint density at radius 3 is 2.15 bits per heavy atom. The van der Waals surface area contributed by atoms with Crippen molar-refractivity contribution in [3.63, 3.8) is 0 Å². The second kappa shape index (κ2) is 6.61. The van der Waals surface area contributed by atoms with Crippen molar-refractivity contribution in [2.24, 2.45) is 0 Å². The maximum atomic E-state index is 13.6. The molecular weight excluding hydrogens is 262 g/mol. The summed E-state index contributed by atoms with van der Waals surface area (Å²) in [6, 6.07) is 4.17. The quantitative estimate of drug-likeness (QED) is 0.916. The fourth-order valence-corrected chi connectivity index (χ4v) is 2.63. The predicted molar refractivity (Wildman–Crippen MR) is 74.5 cm³/mol. The van der Waals surface area contributed by atoms with Crippen molar-refractivity contribution in [3.05, 3.63) is 35.4 Å². The third-order valence-electron chi connectivity index (χ3n) is 3.90. The van der Waals surface area contributed by atoms with E-state index in [1.807, 2.05) is 0 Å². The van der Waals surface area contributed by atoms with E-state index in [1.54, 1.807) is 0 Å². The van der Waals surface area contributed by atoms with Gasteiger partial charge in [-0.2, -0.15) is 0 Å². The summed E-state index contributed by atoms with van der Waals surface area (Å²) in [5.41, 5.74) is -0.223. The first kappa shape index (κ1) is 15.4. The van der Waals surface area contributed by atoms with Crippen LogP contribution in [0.15, 0.2) is 18.2 Å². The van der Waals surface area contributed by atoms with E-state index in [9.17, 15) is 13.9 Å². The average Bonchev–Trinajstić information content (AvgIpc) is 2.39. The number of β-amino-alcohol motifs (C(OH)–C–C–N with tert-alkyl or cyclic N) is 1. The second-order valence-electron chi connectivity index (χ2n) is 5.58. The van der Waals surface area contributed by atoms with Gasteiger partial charge in [0, 0.05) is 38.8 Å². The van der Waals surface area contributed by atoms with Gasteiger partial charge in [0.2, 0.25) is 0 Å². The molecule has 1 unspecified atom stereocenters. The van der Waals surface area contributed by atoms with Gasteiger partial charge in [-0.1, -0.05) is 6.07 Å². The molecule has 1 aromatic rings. The Balaban J connectivity index is 1.94. The summed E-state index contributed by atoms with van der Waals surface area (Å²) in [7, 11) is 0. The SMILES string of the molecule is CC(C)N1CCN(CC(O)c2c(F)cccc2F)CC1. The minimum atomic E-state index is -1.12. The van der Waals surface area contributed by atoms with E-state index in [4.69, 9.17) is 0 Å². The molecule has 0 bridgehead atoms. The normalized spacial score (nSPS) is 19.5. The number of rotatable bonds is 4. The molecule has 1 atom stereocenters. The minimum Gasteiger partial charge on any atom is -0.387 e. The van der Waals surface area contributed by atoms with Crippen LogP contribution in [-0.4, -0.2) is 53.7 Å². The van der Waals surface area contributed by atoms with Gasteiger partial charge in [-0.25, -0.2) is 8.78 Å². The van der Waals surface area contributed by atoms with Gasteiger partial charge in [0.25, 0.3) is 0 Å². The Kier molecular flexibility index (Phi) is 5.07. The smallest absolute Gasteiger partial charge is 0.131 e. The number of benzene rings is 1. The molecule has 1 heterocycles. The summed E-state index contributed by atoms with van der Waals surface area (Å²) in [5.74, 6) is -1.36.